The number of nitrogens with zero attached hydrogens (tertiary/aromatic N) is 1. The Balaban J connectivity index is 1.96. The Labute approximate surface area is 115 Å². The number of nitrogens with one attached hydrogen (secondary N) is 1. The fraction of sp³-hybridized carbons (Fsp3) is 0.533. The van der Waals surface area contributed by atoms with E-state index >= 15 is 0 Å². The number of rotatable bonds is 4. The summed E-state index contributed by atoms with van der Waals surface area (Å²) in [6.45, 7) is 5.00. The molecule has 4 nitrogen and oxygen atoms in total. The predicted octanol–water partition coefficient (Wildman–Crippen LogP) is 1.96. The molecule has 0 radical (unpaired) electrons. The summed E-state index contributed by atoms with van der Waals surface area (Å²) >= 11 is 0. The van der Waals surface area contributed by atoms with Crippen molar-refractivity contribution in [2.75, 3.05) is 18.4 Å². The number of hydrogen-bond acceptors (Lipinski definition) is 3. The number of benzene rings is 1. The second-order valence-corrected chi connectivity index (χ2v) is 5.32. The quantitative estimate of drug-likeness (QED) is 0.871. The summed E-state index contributed by atoms with van der Waals surface area (Å²) in [5.41, 5.74) is 7.62. The van der Waals surface area contributed by atoms with Crippen LogP contribution in [0.3, 0.4) is 0 Å². The smallest absolute Gasteiger partial charge is 0.240 e. The van der Waals surface area contributed by atoms with Crippen LogP contribution >= 0.6 is 0 Å². The molecule has 0 aliphatic carbocycles. The molecule has 1 saturated heterocycles. The number of likely N-dealkylation sites (tertiary alicyclic amines) is 1. The normalized spacial score (nSPS) is 18.0. The Kier molecular flexibility index (Phi) is 4.93. The van der Waals surface area contributed by atoms with Crippen LogP contribution in [0.2, 0.25) is 0 Å². The van der Waals surface area contributed by atoms with Gasteiger partial charge in [0, 0.05) is 12.2 Å². The first-order valence-electron chi connectivity index (χ1n) is 7.03. The molecule has 1 atom stereocenters. The van der Waals surface area contributed by atoms with Gasteiger partial charge < -0.3 is 11.1 Å². The number of anilines is 1. The van der Waals surface area contributed by atoms with E-state index in [0.717, 1.165) is 12.2 Å². The van der Waals surface area contributed by atoms with Crippen LogP contribution < -0.4 is 11.1 Å². The Bertz CT molecular complexity index is 425. The molecule has 3 N–H and O–H groups in total. The van der Waals surface area contributed by atoms with Gasteiger partial charge in [-0.05, 0) is 50.6 Å². The van der Waals surface area contributed by atoms with E-state index in [1.165, 1.54) is 37.9 Å². The Morgan fingerprint density at radius 2 is 2.11 bits per heavy atom. The van der Waals surface area contributed by atoms with Crippen LogP contribution in [0, 0.1) is 0 Å². The highest BCUT2D eigenvalue weighted by Gasteiger charge is 2.11. The van der Waals surface area contributed by atoms with Crippen molar-refractivity contribution >= 4 is 11.6 Å². The van der Waals surface area contributed by atoms with Gasteiger partial charge in [0.1, 0.15) is 0 Å². The van der Waals surface area contributed by atoms with E-state index in [1.807, 2.05) is 18.2 Å². The van der Waals surface area contributed by atoms with Crippen LogP contribution in [0.4, 0.5) is 5.69 Å². The highest BCUT2D eigenvalue weighted by Crippen LogP contribution is 2.16. The molecule has 0 bridgehead atoms. The molecule has 1 amide bonds. The third kappa shape index (κ3) is 4.33. The summed E-state index contributed by atoms with van der Waals surface area (Å²) < 4.78 is 0. The molecule has 1 heterocycles. The fourth-order valence-electron chi connectivity index (χ4n) is 2.38. The van der Waals surface area contributed by atoms with Crippen molar-refractivity contribution in [2.24, 2.45) is 5.73 Å². The molecule has 1 fully saturated rings. The van der Waals surface area contributed by atoms with Gasteiger partial charge in [-0.15, -0.1) is 0 Å². The van der Waals surface area contributed by atoms with Crippen LogP contribution in [-0.2, 0) is 11.3 Å². The molecule has 4 heteroatoms. The molecule has 104 valence electrons. The lowest BCUT2D eigenvalue weighted by Crippen LogP contribution is -2.32. The molecule has 1 aromatic carbocycles. The summed E-state index contributed by atoms with van der Waals surface area (Å²) in [4.78, 5) is 14.0. The van der Waals surface area contributed by atoms with Crippen molar-refractivity contribution in [3.8, 4) is 0 Å². The number of hydrogen-bond donors (Lipinski definition) is 2. The first-order valence-corrected chi connectivity index (χ1v) is 7.03. The largest absolute Gasteiger partial charge is 0.325 e. The van der Waals surface area contributed by atoms with E-state index in [0.29, 0.717) is 0 Å². The third-order valence-corrected chi connectivity index (χ3v) is 3.46. The maximum absolute atomic E-state index is 11.6. The lowest BCUT2D eigenvalue weighted by atomic mass is 10.1. The second kappa shape index (κ2) is 6.68. The number of nitrogens with two attached hydrogens (primary N) is 1. The molecule has 19 heavy (non-hydrogen) atoms. The zero-order valence-electron chi connectivity index (χ0n) is 11.6. The van der Waals surface area contributed by atoms with Crippen LogP contribution in [0.25, 0.3) is 0 Å². The molecule has 0 spiro atoms. The summed E-state index contributed by atoms with van der Waals surface area (Å²) in [6, 6.07) is 7.55. The van der Waals surface area contributed by atoms with Gasteiger partial charge >= 0.3 is 0 Å². The van der Waals surface area contributed by atoms with Crippen molar-refractivity contribution in [2.45, 2.75) is 38.8 Å². The average molecular weight is 261 g/mol. The van der Waals surface area contributed by atoms with E-state index < -0.39 is 6.04 Å². The van der Waals surface area contributed by atoms with E-state index in [1.54, 1.807) is 6.92 Å². The summed E-state index contributed by atoms with van der Waals surface area (Å²) in [5.74, 6) is -0.143. The van der Waals surface area contributed by atoms with Crippen molar-refractivity contribution in [1.82, 2.24) is 4.90 Å². The minimum Gasteiger partial charge on any atom is -0.325 e. The second-order valence-electron chi connectivity index (χ2n) is 5.32. The first-order chi connectivity index (χ1) is 9.15. The van der Waals surface area contributed by atoms with Crippen molar-refractivity contribution < 1.29 is 4.79 Å². The zero-order chi connectivity index (χ0) is 13.7. The third-order valence-electron chi connectivity index (χ3n) is 3.46. The lowest BCUT2D eigenvalue weighted by molar-refractivity contribution is -0.117. The van der Waals surface area contributed by atoms with Crippen molar-refractivity contribution in [3.05, 3.63) is 29.8 Å². The van der Waals surface area contributed by atoms with E-state index in [2.05, 4.69) is 16.3 Å². The summed E-state index contributed by atoms with van der Waals surface area (Å²) in [6.07, 6.45) is 3.93. The van der Waals surface area contributed by atoms with Crippen molar-refractivity contribution in [3.63, 3.8) is 0 Å². The van der Waals surface area contributed by atoms with Gasteiger partial charge in [0.05, 0.1) is 6.04 Å². The predicted molar refractivity (Wildman–Crippen MR) is 77.8 cm³/mol. The molecule has 1 unspecified atom stereocenters. The highest BCUT2D eigenvalue weighted by molar-refractivity contribution is 5.94. The van der Waals surface area contributed by atoms with Crippen molar-refractivity contribution in [1.29, 1.82) is 0 Å². The highest BCUT2D eigenvalue weighted by atomic mass is 16.2. The fourth-order valence-corrected chi connectivity index (χ4v) is 2.38. The number of carbonyl (C=O) groups is 1. The maximum atomic E-state index is 11.6. The maximum Gasteiger partial charge on any atom is 0.240 e. The van der Waals surface area contributed by atoms with E-state index in [9.17, 15) is 4.79 Å². The molecule has 0 saturated carbocycles. The van der Waals surface area contributed by atoms with E-state index in [4.69, 9.17) is 5.73 Å². The number of amides is 1. The molecule has 1 aromatic rings. The number of carbonyl (C=O) groups excluding carboxylic acids is 1. The van der Waals surface area contributed by atoms with Gasteiger partial charge in [-0.25, -0.2) is 0 Å². The molecule has 2 rings (SSSR count). The topological polar surface area (TPSA) is 58.4 Å². The summed E-state index contributed by atoms with van der Waals surface area (Å²) in [5, 5.41) is 2.84. The minimum atomic E-state index is -0.481. The van der Waals surface area contributed by atoms with Gasteiger partial charge in [0.25, 0.3) is 0 Å². The Hall–Kier alpha value is -1.39. The number of piperidine rings is 1. The zero-order valence-corrected chi connectivity index (χ0v) is 11.6. The average Bonchev–Trinajstić information content (AvgIpc) is 2.40. The standard InChI is InChI=1S/C15H23N3O/c1-12(16)15(19)17-14-7-5-6-13(10-14)11-18-8-3-2-4-9-18/h5-7,10,12H,2-4,8-9,11,16H2,1H3,(H,17,19). The molecule has 1 aliphatic heterocycles. The summed E-state index contributed by atoms with van der Waals surface area (Å²) in [7, 11) is 0. The molecular formula is C15H23N3O. The molecular weight excluding hydrogens is 238 g/mol. The van der Waals surface area contributed by atoms with Gasteiger partial charge in [-0.3, -0.25) is 9.69 Å². The Morgan fingerprint density at radius 1 is 1.37 bits per heavy atom. The van der Waals surface area contributed by atoms with Crippen LogP contribution in [-0.4, -0.2) is 29.9 Å². The van der Waals surface area contributed by atoms with Crippen LogP contribution in [0.15, 0.2) is 24.3 Å². The molecule has 1 aliphatic rings. The Morgan fingerprint density at radius 3 is 2.79 bits per heavy atom. The van der Waals surface area contributed by atoms with E-state index in [-0.39, 0.29) is 5.91 Å². The SMILES string of the molecule is CC(N)C(=O)Nc1cccc(CN2CCCCC2)c1. The van der Waals surface area contributed by atoms with Gasteiger partial charge in [0.15, 0.2) is 0 Å². The lowest BCUT2D eigenvalue weighted by Gasteiger charge is -2.26. The minimum absolute atomic E-state index is 0.143. The molecule has 0 aromatic heterocycles. The first kappa shape index (κ1) is 14.0. The van der Waals surface area contributed by atoms with Crippen LogP contribution in [0.5, 0.6) is 0 Å². The van der Waals surface area contributed by atoms with Gasteiger partial charge in [-0.1, -0.05) is 18.6 Å². The van der Waals surface area contributed by atoms with Gasteiger partial charge in [-0.2, -0.15) is 0 Å². The van der Waals surface area contributed by atoms with Crippen LogP contribution in [0.1, 0.15) is 31.7 Å². The monoisotopic (exact) mass is 261 g/mol. The van der Waals surface area contributed by atoms with Gasteiger partial charge in [0.2, 0.25) is 5.91 Å².